The van der Waals surface area contributed by atoms with E-state index in [-0.39, 0.29) is 5.56 Å². The van der Waals surface area contributed by atoms with Gasteiger partial charge in [0.15, 0.2) is 5.78 Å². The van der Waals surface area contributed by atoms with Crippen molar-refractivity contribution in [1.29, 1.82) is 0 Å². The molecule has 0 saturated carbocycles. The minimum absolute atomic E-state index is 0.0616. The summed E-state index contributed by atoms with van der Waals surface area (Å²) in [6.45, 7) is 1.27. The predicted octanol–water partition coefficient (Wildman–Crippen LogP) is -0.538. The van der Waals surface area contributed by atoms with Crippen LogP contribution in [0, 0.1) is 0 Å². The fraction of sp³-hybridized carbons (Fsp3) is 0.200. The average Bonchev–Trinajstić information content (AvgIpc) is 2.64. The maximum atomic E-state index is 11.9. The van der Waals surface area contributed by atoms with Crippen LogP contribution < -0.4 is 11.2 Å². The molecule has 7 nitrogen and oxygen atoms in total. The molecule has 0 fully saturated rings. The molecule has 0 amide bonds. The number of Topliss-reactive ketones (excluding diaryl/α,β-unsaturated/α-hetero) is 1. The van der Waals surface area contributed by atoms with Gasteiger partial charge >= 0.3 is 5.69 Å². The minimum atomic E-state index is -0.644. The van der Waals surface area contributed by atoms with Crippen molar-refractivity contribution in [2.24, 2.45) is 7.05 Å². The lowest BCUT2D eigenvalue weighted by atomic mass is 10.2. The van der Waals surface area contributed by atoms with E-state index in [0.717, 1.165) is 10.8 Å². The molecule has 0 radical (unpaired) electrons. The molecule has 0 unspecified atom stereocenters. The Morgan fingerprint density at radius 2 is 2.12 bits per heavy atom. The molecule has 1 N–H and O–H groups in total. The number of H-pyrrole nitrogens is 1. The Morgan fingerprint density at radius 1 is 1.41 bits per heavy atom. The van der Waals surface area contributed by atoms with Crippen LogP contribution in [0.5, 0.6) is 0 Å². The second kappa shape index (κ2) is 3.85. The van der Waals surface area contributed by atoms with E-state index in [2.05, 4.69) is 10.1 Å². The first-order chi connectivity index (χ1) is 8.00. The Balaban J connectivity index is 2.78. The van der Waals surface area contributed by atoms with E-state index >= 15 is 0 Å². The Hall–Kier alpha value is -2.44. The summed E-state index contributed by atoms with van der Waals surface area (Å²) in [7, 11) is 1.66. The number of nitrogens with zero attached hydrogens (tertiary/aromatic N) is 3. The number of rotatable bonds is 2. The maximum absolute atomic E-state index is 11.9. The fourth-order valence-electron chi connectivity index (χ4n) is 1.48. The molecule has 0 aromatic carbocycles. The number of nitrogens with one attached hydrogen (secondary N) is 1. The van der Waals surface area contributed by atoms with Crippen LogP contribution in [0.3, 0.4) is 0 Å². The van der Waals surface area contributed by atoms with Crippen molar-refractivity contribution in [3.8, 4) is 5.69 Å². The second-order valence-corrected chi connectivity index (χ2v) is 3.58. The number of carbonyl (C=O) groups excluding carboxylic acids is 1. The van der Waals surface area contributed by atoms with Crippen LogP contribution in [0.4, 0.5) is 0 Å². The van der Waals surface area contributed by atoms with Gasteiger partial charge in [-0.05, 0) is 6.92 Å². The molecule has 2 rings (SSSR count). The number of ketones is 1. The topological polar surface area (TPSA) is 89.8 Å². The van der Waals surface area contributed by atoms with E-state index in [1.165, 1.54) is 24.0 Å². The molecular formula is C10H10N4O3. The van der Waals surface area contributed by atoms with Crippen LogP contribution in [0.15, 0.2) is 28.2 Å². The lowest BCUT2D eigenvalue weighted by Gasteiger charge is -2.01. The van der Waals surface area contributed by atoms with Gasteiger partial charge in [0.05, 0.1) is 17.4 Å². The van der Waals surface area contributed by atoms with Gasteiger partial charge in [0, 0.05) is 19.4 Å². The van der Waals surface area contributed by atoms with Gasteiger partial charge in [-0.1, -0.05) is 0 Å². The van der Waals surface area contributed by atoms with Gasteiger partial charge < -0.3 is 4.98 Å². The normalized spacial score (nSPS) is 10.5. The molecular weight excluding hydrogens is 224 g/mol. The maximum Gasteiger partial charge on any atom is 0.333 e. The first-order valence-corrected chi connectivity index (χ1v) is 4.85. The van der Waals surface area contributed by atoms with Crippen LogP contribution >= 0.6 is 0 Å². The van der Waals surface area contributed by atoms with Crippen LogP contribution in [0.2, 0.25) is 0 Å². The van der Waals surface area contributed by atoms with Gasteiger partial charge in [0.25, 0.3) is 5.56 Å². The van der Waals surface area contributed by atoms with Gasteiger partial charge in [-0.25, -0.2) is 9.36 Å². The second-order valence-electron chi connectivity index (χ2n) is 3.58. The third-order valence-electron chi connectivity index (χ3n) is 2.31. The zero-order valence-corrected chi connectivity index (χ0v) is 9.30. The zero-order chi connectivity index (χ0) is 12.6. The van der Waals surface area contributed by atoms with Crippen LogP contribution in [-0.2, 0) is 7.05 Å². The number of aromatic amines is 1. The minimum Gasteiger partial charge on any atom is -0.313 e. The molecule has 0 saturated heterocycles. The molecule has 0 bridgehead atoms. The molecule has 7 heteroatoms. The molecule has 0 spiro atoms. The highest BCUT2D eigenvalue weighted by Crippen LogP contribution is 1.99. The number of hydrogen-bond donors (Lipinski definition) is 1. The summed E-state index contributed by atoms with van der Waals surface area (Å²) >= 11 is 0. The SMILES string of the molecule is CC(=O)c1c[nH]c(=O)n(-c2cnn(C)c2)c1=O. The van der Waals surface area contributed by atoms with Crippen molar-refractivity contribution < 1.29 is 4.79 Å². The molecule has 0 aliphatic carbocycles. The lowest BCUT2D eigenvalue weighted by Crippen LogP contribution is -2.36. The highest BCUT2D eigenvalue weighted by atomic mass is 16.2. The summed E-state index contributed by atoms with van der Waals surface area (Å²) < 4.78 is 2.34. The van der Waals surface area contributed by atoms with Gasteiger partial charge in [0.2, 0.25) is 0 Å². The van der Waals surface area contributed by atoms with E-state index in [0.29, 0.717) is 5.69 Å². The van der Waals surface area contributed by atoms with Gasteiger partial charge in [-0.2, -0.15) is 5.10 Å². The molecule has 2 aromatic heterocycles. The van der Waals surface area contributed by atoms with Crippen LogP contribution in [-0.4, -0.2) is 25.1 Å². The Morgan fingerprint density at radius 3 is 2.65 bits per heavy atom. The van der Waals surface area contributed by atoms with Crippen molar-refractivity contribution in [2.45, 2.75) is 6.92 Å². The third kappa shape index (κ3) is 1.82. The highest BCUT2D eigenvalue weighted by Gasteiger charge is 2.13. The average molecular weight is 234 g/mol. The Bertz CT molecular complexity index is 692. The first kappa shape index (κ1) is 11.1. The predicted molar refractivity (Wildman–Crippen MR) is 59.4 cm³/mol. The third-order valence-corrected chi connectivity index (χ3v) is 2.31. The standard InChI is InChI=1S/C10H10N4O3/c1-6(15)8-4-11-10(17)14(9(8)16)7-3-12-13(2)5-7/h3-5H,1-2H3,(H,11,17). The number of hydrogen-bond acceptors (Lipinski definition) is 4. The zero-order valence-electron chi connectivity index (χ0n) is 9.30. The summed E-state index contributed by atoms with van der Waals surface area (Å²) in [6, 6.07) is 0. The molecule has 0 aliphatic rings. The number of aromatic nitrogens is 4. The van der Waals surface area contributed by atoms with Crippen molar-refractivity contribution in [3.63, 3.8) is 0 Å². The van der Waals surface area contributed by atoms with E-state index in [1.807, 2.05) is 0 Å². The summed E-state index contributed by atoms with van der Waals surface area (Å²) in [5.74, 6) is -0.399. The van der Waals surface area contributed by atoms with Crippen molar-refractivity contribution >= 4 is 5.78 Å². The molecule has 2 aromatic rings. The van der Waals surface area contributed by atoms with Crippen molar-refractivity contribution in [1.82, 2.24) is 19.3 Å². The van der Waals surface area contributed by atoms with Crippen molar-refractivity contribution in [2.75, 3.05) is 0 Å². The molecule has 0 aliphatic heterocycles. The monoisotopic (exact) mass is 234 g/mol. The van der Waals surface area contributed by atoms with E-state index < -0.39 is 17.0 Å². The fourth-order valence-corrected chi connectivity index (χ4v) is 1.48. The molecule has 2 heterocycles. The van der Waals surface area contributed by atoms with Crippen molar-refractivity contribution in [3.05, 3.63) is 45.0 Å². The van der Waals surface area contributed by atoms with Crippen LogP contribution in [0.25, 0.3) is 5.69 Å². The van der Waals surface area contributed by atoms with Crippen LogP contribution in [0.1, 0.15) is 17.3 Å². The summed E-state index contributed by atoms with van der Waals surface area (Å²) in [4.78, 5) is 37.1. The summed E-state index contributed by atoms with van der Waals surface area (Å²) in [5.41, 5.74) is -0.988. The van der Waals surface area contributed by atoms with Gasteiger partial charge in [-0.15, -0.1) is 0 Å². The Kier molecular flexibility index (Phi) is 2.51. The molecule has 88 valence electrons. The van der Waals surface area contributed by atoms with Gasteiger partial charge in [0.1, 0.15) is 0 Å². The first-order valence-electron chi connectivity index (χ1n) is 4.85. The van der Waals surface area contributed by atoms with E-state index in [9.17, 15) is 14.4 Å². The summed E-state index contributed by atoms with van der Waals surface area (Å²) in [6.07, 6.45) is 4.01. The lowest BCUT2D eigenvalue weighted by molar-refractivity contribution is 0.101. The van der Waals surface area contributed by atoms with E-state index in [4.69, 9.17) is 0 Å². The van der Waals surface area contributed by atoms with Gasteiger partial charge in [-0.3, -0.25) is 14.3 Å². The smallest absolute Gasteiger partial charge is 0.313 e. The quantitative estimate of drug-likeness (QED) is 0.707. The molecule has 17 heavy (non-hydrogen) atoms. The van der Waals surface area contributed by atoms with E-state index in [1.54, 1.807) is 7.05 Å². The Labute approximate surface area is 95.3 Å². The number of aryl methyl sites for hydroxylation is 1. The number of carbonyl (C=O) groups is 1. The highest BCUT2D eigenvalue weighted by molar-refractivity contribution is 5.93. The summed E-state index contributed by atoms with van der Waals surface area (Å²) in [5, 5.41) is 3.87. The molecule has 0 atom stereocenters. The largest absolute Gasteiger partial charge is 0.333 e.